The molecule has 1 heterocycles. The maximum absolute atomic E-state index is 5.35. The van der Waals surface area contributed by atoms with Crippen molar-refractivity contribution >= 4 is 0 Å². The molecule has 0 radical (unpaired) electrons. The normalized spacial score (nSPS) is 10.2. The number of nitrogens with one attached hydrogen (secondary N) is 1. The van der Waals surface area contributed by atoms with Crippen molar-refractivity contribution < 1.29 is 4.42 Å². The van der Waals surface area contributed by atoms with Crippen LogP contribution < -0.4 is 11.1 Å². The van der Waals surface area contributed by atoms with E-state index in [1.165, 1.54) is 0 Å². The second kappa shape index (κ2) is 3.39. The van der Waals surface area contributed by atoms with Crippen LogP contribution in [0, 0.1) is 0 Å². The van der Waals surface area contributed by atoms with Gasteiger partial charge in [-0.05, 0) is 13.1 Å². The highest BCUT2D eigenvalue weighted by Crippen LogP contribution is 2.05. The summed E-state index contributed by atoms with van der Waals surface area (Å²) in [6.45, 7) is 1.31. The molecule has 1 aromatic rings. The van der Waals surface area contributed by atoms with E-state index in [1.54, 1.807) is 6.26 Å². The van der Waals surface area contributed by atoms with Gasteiger partial charge in [-0.1, -0.05) is 0 Å². The Morgan fingerprint density at radius 2 is 2.50 bits per heavy atom. The minimum atomic E-state index is 0.476. The Kier molecular flexibility index (Phi) is 2.48. The van der Waals surface area contributed by atoms with E-state index in [9.17, 15) is 0 Å². The lowest BCUT2D eigenvalue weighted by Crippen LogP contribution is -2.03. The van der Waals surface area contributed by atoms with Crippen LogP contribution in [0.5, 0.6) is 0 Å². The number of rotatable bonds is 3. The summed E-state index contributed by atoms with van der Waals surface area (Å²) < 4.78 is 5.10. The molecule has 0 aliphatic carbocycles. The zero-order valence-electron chi connectivity index (χ0n) is 6.05. The summed E-state index contributed by atoms with van der Waals surface area (Å²) in [6, 6.07) is 1.95. The molecule has 10 heavy (non-hydrogen) atoms. The van der Waals surface area contributed by atoms with E-state index >= 15 is 0 Å². The summed E-state index contributed by atoms with van der Waals surface area (Å²) in [6.07, 6.45) is 1.72. The fourth-order valence-corrected chi connectivity index (χ4v) is 0.830. The zero-order valence-corrected chi connectivity index (χ0v) is 6.05. The summed E-state index contributed by atoms with van der Waals surface area (Å²) in [5, 5.41) is 3.02. The highest BCUT2D eigenvalue weighted by Gasteiger charge is 1.96. The Labute approximate surface area is 60.2 Å². The monoisotopic (exact) mass is 140 g/mol. The maximum atomic E-state index is 5.35. The van der Waals surface area contributed by atoms with Crippen LogP contribution in [-0.2, 0) is 13.1 Å². The van der Waals surface area contributed by atoms with E-state index in [2.05, 4.69) is 5.32 Å². The van der Waals surface area contributed by atoms with Gasteiger partial charge < -0.3 is 15.5 Å². The van der Waals surface area contributed by atoms with Gasteiger partial charge in [0.1, 0.15) is 5.76 Å². The lowest BCUT2D eigenvalue weighted by Gasteiger charge is -1.89. The third-order valence-electron chi connectivity index (χ3n) is 1.29. The molecular weight excluding hydrogens is 128 g/mol. The molecule has 3 heteroatoms. The van der Waals surface area contributed by atoms with Gasteiger partial charge in [0, 0.05) is 12.1 Å². The highest BCUT2D eigenvalue weighted by atomic mass is 16.3. The molecule has 56 valence electrons. The molecule has 0 spiro atoms. The first-order valence-electron chi connectivity index (χ1n) is 3.27. The van der Waals surface area contributed by atoms with Gasteiger partial charge in [0.05, 0.1) is 12.8 Å². The molecule has 0 saturated carbocycles. The van der Waals surface area contributed by atoms with Gasteiger partial charge in [-0.25, -0.2) is 0 Å². The van der Waals surface area contributed by atoms with Crippen LogP contribution in [0.1, 0.15) is 11.3 Å². The van der Waals surface area contributed by atoms with E-state index in [0.717, 1.165) is 17.9 Å². The van der Waals surface area contributed by atoms with Crippen molar-refractivity contribution in [3.63, 3.8) is 0 Å². The van der Waals surface area contributed by atoms with Gasteiger partial charge in [0.25, 0.3) is 0 Å². The van der Waals surface area contributed by atoms with Crippen LogP contribution in [-0.4, -0.2) is 7.05 Å². The van der Waals surface area contributed by atoms with E-state index in [4.69, 9.17) is 10.2 Å². The average molecular weight is 140 g/mol. The minimum absolute atomic E-state index is 0.476. The number of nitrogens with two attached hydrogens (primary N) is 1. The topological polar surface area (TPSA) is 51.2 Å². The van der Waals surface area contributed by atoms with Gasteiger partial charge >= 0.3 is 0 Å². The second-order valence-electron chi connectivity index (χ2n) is 2.16. The molecule has 0 unspecified atom stereocenters. The van der Waals surface area contributed by atoms with Gasteiger partial charge in [-0.2, -0.15) is 0 Å². The first-order valence-corrected chi connectivity index (χ1v) is 3.27. The van der Waals surface area contributed by atoms with Crippen molar-refractivity contribution in [3.05, 3.63) is 23.7 Å². The van der Waals surface area contributed by atoms with Crippen LogP contribution in [0.3, 0.4) is 0 Å². The predicted molar refractivity (Wildman–Crippen MR) is 39.4 cm³/mol. The van der Waals surface area contributed by atoms with Crippen LogP contribution in [0.15, 0.2) is 16.7 Å². The summed E-state index contributed by atoms with van der Waals surface area (Å²) in [7, 11) is 1.90. The largest absolute Gasteiger partial charge is 0.468 e. The van der Waals surface area contributed by atoms with Crippen molar-refractivity contribution in [2.24, 2.45) is 5.73 Å². The molecule has 1 rings (SSSR count). The van der Waals surface area contributed by atoms with Gasteiger partial charge in [0.2, 0.25) is 0 Å². The lowest BCUT2D eigenvalue weighted by atomic mass is 10.3. The number of furan rings is 1. The Bertz CT molecular complexity index is 195. The minimum Gasteiger partial charge on any atom is -0.468 e. The van der Waals surface area contributed by atoms with E-state index in [-0.39, 0.29) is 0 Å². The molecule has 0 aliphatic rings. The molecule has 0 bridgehead atoms. The van der Waals surface area contributed by atoms with Crippen molar-refractivity contribution in [1.29, 1.82) is 0 Å². The highest BCUT2D eigenvalue weighted by molar-refractivity contribution is 5.12. The lowest BCUT2D eigenvalue weighted by molar-refractivity contribution is 0.509. The quantitative estimate of drug-likeness (QED) is 0.641. The molecular formula is C7H12N2O. The van der Waals surface area contributed by atoms with Crippen molar-refractivity contribution in [3.8, 4) is 0 Å². The van der Waals surface area contributed by atoms with E-state index in [1.807, 2.05) is 13.1 Å². The smallest absolute Gasteiger partial charge is 0.117 e. The number of hydrogen-bond acceptors (Lipinski definition) is 3. The average Bonchev–Trinajstić information content (AvgIpc) is 2.37. The molecule has 1 aromatic heterocycles. The second-order valence-corrected chi connectivity index (χ2v) is 2.16. The molecule has 0 saturated heterocycles. The predicted octanol–water partition coefficient (Wildman–Crippen LogP) is 0.458. The van der Waals surface area contributed by atoms with E-state index < -0.39 is 0 Å². The Morgan fingerprint density at radius 1 is 1.70 bits per heavy atom. The third-order valence-corrected chi connectivity index (χ3v) is 1.29. The third kappa shape index (κ3) is 1.59. The van der Waals surface area contributed by atoms with E-state index in [0.29, 0.717) is 6.54 Å². The van der Waals surface area contributed by atoms with Crippen molar-refractivity contribution in [1.82, 2.24) is 5.32 Å². The number of hydrogen-bond donors (Lipinski definition) is 2. The molecule has 0 atom stereocenters. The van der Waals surface area contributed by atoms with Crippen LogP contribution in [0.2, 0.25) is 0 Å². The molecule has 3 N–H and O–H groups in total. The Morgan fingerprint density at radius 3 is 3.00 bits per heavy atom. The Hall–Kier alpha value is -0.800. The van der Waals surface area contributed by atoms with Crippen molar-refractivity contribution in [2.75, 3.05) is 7.05 Å². The van der Waals surface area contributed by atoms with Gasteiger partial charge in [-0.3, -0.25) is 0 Å². The summed E-state index contributed by atoms with van der Waals surface area (Å²) in [5.41, 5.74) is 6.49. The van der Waals surface area contributed by atoms with Gasteiger partial charge in [0.15, 0.2) is 0 Å². The first kappa shape index (κ1) is 7.31. The first-order chi connectivity index (χ1) is 4.86. The Balaban J connectivity index is 2.59. The summed E-state index contributed by atoms with van der Waals surface area (Å²) >= 11 is 0. The molecule has 3 nitrogen and oxygen atoms in total. The van der Waals surface area contributed by atoms with Crippen molar-refractivity contribution in [2.45, 2.75) is 13.1 Å². The molecule has 0 fully saturated rings. The SMILES string of the molecule is CNCc1coc(CN)c1. The van der Waals surface area contributed by atoms with Crippen LogP contribution in [0.4, 0.5) is 0 Å². The molecule has 0 aliphatic heterocycles. The van der Waals surface area contributed by atoms with Crippen LogP contribution >= 0.6 is 0 Å². The molecule has 0 aromatic carbocycles. The standard InChI is InChI=1S/C7H12N2O/c1-9-4-6-2-7(3-8)10-5-6/h2,5,9H,3-4,8H2,1H3. The van der Waals surface area contributed by atoms with Gasteiger partial charge in [-0.15, -0.1) is 0 Å². The summed E-state index contributed by atoms with van der Waals surface area (Å²) in [4.78, 5) is 0. The fourth-order valence-electron chi connectivity index (χ4n) is 0.830. The van der Waals surface area contributed by atoms with Crippen LogP contribution in [0.25, 0.3) is 0 Å². The zero-order chi connectivity index (χ0) is 7.40. The summed E-state index contributed by atoms with van der Waals surface area (Å²) in [5.74, 6) is 0.838. The molecule has 0 amide bonds. The fraction of sp³-hybridized carbons (Fsp3) is 0.429. The maximum Gasteiger partial charge on any atom is 0.117 e.